The molecule has 0 aliphatic carbocycles. The van der Waals surface area contributed by atoms with Crippen LogP contribution in [0.15, 0.2) is 30.3 Å². The van der Waals surface area contributed by atoms with Crippen molar-refractivity contribution in [2.24, 2.45) is 0 Å². The third kappa shape index (κ3) is 4.75. The second-order valence-electron chi connectivity index (χ2n) is 5.11. The van der Waals surface area contributed by atoms with Crippen LogP contribution in [0.3, 0.4) is 0 Å². The van der Waals surface area contributed by atoms with Gasteiger partial charge in [-0.25, -0.2) is 4.79 Å². The predicted octanol–water partition coefficient (Wildman–Crippen LogP) is 0.989. The van der Waals surface area contributed by atoms with Crippen molar-refractivity contribution >= 4 is 12.0 Å². The molecule has 0 atom stereocenters. The molecule has 21 heavy (non-hydrogen) atoms. The zero-order valence-electron chi connectivity index (χ0n) is 12.0. The Hall–Kier alpha value is -2.08. The molecule has 2 N–H and O–H groups in total. The fourth-order valence-electron chi connectivity index (χ4n) is 2.35. The summed E-state index contributed by atoms with van der Waals surface area (Å²) in [6.45, 7) is 3.12. The number of carbonyl (C=O) groups is 2. The van der Waals surface area contributed by atoms with E-state index >= 15 is 0 Å². The van der Waals surface area contributed by atoms with E-state index in [1.807, 2.05) is 30.3 Å². The van der Waals surface area contributed by atoms with Gasteiger partial charge in [-0.05, 0) is 18.5 Å². The van der Waals surface area contributed by atoms with Crippen molar-refractivity contribution in [3.63, 3.8) is 0 Å². The average molecular weight is 291 g/mol. The fourth-order valence-corrected chi connectivity index (χ4v) is 2.35. The Balaban J connectivity index is 1.95. The first-order valence-corrected chi connectivity index (χ1v) is 7.17. The Morgan fingerprint density at radius 1 is 1.19 bits per heavy atom. The predicted molar refractivity (Wildman–Crippen MR) is 78.9 cm³/mol. The molecule has 1 aliphatic rings. The van der Waals surface area contributed by atoms with E-state index < -0.39 is 6.09 Å². The summed E-state index contributed by atoms with van der Waals surface area (Å²) in [5.74, 6) is -0.128. The van der Waals surface area contributed by atoms with E-state index in [4.69, 9.17) is 0 Å². The van der Waals surface area contributed by atoms with E-state index in [1.165, 1.54) is 0 Å². The molecule has 0 unspecified atom stereocenters. The SMILES string of the molecule is O=C(O)N(CC(=O)N1CCCNCC1)Cc1ccccc1. The number of nitrogens with one attached hydrogen (secondary N) is 1. The van der Waals surface area contributed by atoms with Gasteiger partial charge < -0.3 is 15.3 Å². The highest BCUT2D eigenvalue weighted by atomic mass is 16.4. The van der Waals surface area contributed by atoms with Crippen molar-refractivity contribution in [2.75, 3.05) is 32.7 Å². The molecule has 6 heteroatoms. The lowest BCUT2D eigenvalue weighted by molar-refractivity contribution is -0.132. The third-order valence-corrected chi connectivity index (χ3v) is 3.51. The van der Waals surface area contributed by atoms with Crippen molar-refractivity contribution in [1.29, 1.82) is 0 Å². The Bertz CT molecular complexity index is 470. The first-order valence-electron chi connectivity index (χ1n) is 7.17. The summed E-state index contributed by atoms with van der Waals surface area (Å²) in [6.07, 6.45) is -0.169. The number of benzene rings is 1. The second kappa shape index (κ2) is 7.64. The van der Waals surface area contributed by atoms with Crippen LogP contribution in [0.2, 0.25) is 0 Å². The molecule has 0 radical (unpaired) electrons. The van der Waals surface area contributed by atoms with Gasteiger partial charge in [-0.2, -0.15) is 0 Å². The highest BCUT2D eigenvalue weighted by Crippen LogP contribution is 2.06. The molecule has 0 aromatic heterocycles. The molecule has 114 valence electrons. The molecule has 2 rings (SSSR count). The number of carboxylic acid groups (broad SMARTS) is 1. The number of hydrogen-bond acceptors (Lipinski definition) is 3. The first-order chi connectivity index (χ1) is 10.2. The van der Waals surface area contributed by atoms with Crippen molar-refractivity contribution in [3.05, 3.63) is 35.9 Å². The Morgan fingerprint density at radius 2 is 1.95 bits per heavy atom. The average Bonchev–Trinajstić information content (AvgIpc) is 2.76. The zero-order chi connectivity index (χ0) is 15.1. The van der Waals surface area contributed by atoms with Crippen molar-refractivity contribution in [2.45, 2.75) is 13.0 Å². The Kier molecular flexibility index (Phi) is 5.57. The molecule has 0 bridgehead atoms. The minimum Gasteiger partial charge on any atom is -0.465 e. The standard InChI is InChI=1S/C15H21N3O3/c19-14(17-9-4-7-16-8-10-17)12-18(15(20)21)11-13-5-2-1-3-6-13/h1-3,5-6,16H,4,7-12H2,(H,20,21). The summed E-state index contributed by atoms with van der Waals surface area (Å²) in [7, 11) is 0. The van der Waals surface area contributed by atoms with Gasteiger partial charge >= 0.3 is 6.09 Å². The molecule has 1 aromatic rings. The van der Waals surface area contributed by atoms with Gasteiger partial charge in [0, 0.05) is 26.2 Å². The van der Waals surface area contributed by atoms with Crippen LogP contribution in [0.25, 0.3) is 0 Å². The number of hydrogen-bond donors (Lipinski definition) is 2. The van der Waals surface area contributed by atoms with Gasteiger partial charge in [0.2, 0.25) is 5.91 Å². The van der Waals surface area contributed by atoms with E-state index in [2.05, 4.69) is 5.32 Å². The second-order valence-corrected chi connectivity index (χ2v) is 5.11. The highest BCUT2D eigenvalue weighted by Gasteiger charge is 2.21. The maximum Gasteiger partial charge on any atom is 0.408 e. The van der Waals surface area contributed by atoms with Crippen molar-refractivity contribution in [1.82, 2.24) is 15.1 Å². The minimum absolute atomic E-state index is 0.0930. The Morgan fingerprint density at radius 3 is 2.67 bits per heavy atom. The largest absolute Gasteiger partial charge is 0.465 e. The lowest BCUT2D eigenvalue weighted by Crippen LogP contribution is -2.43. The van der Waals surface area contributed by atoms with E-state index in [-0.39, 0.29) is 19.0 Å². The maximum absolute atomic E-state index is 12.2. The van der Waals surface area contributed by atoms with Gasteiger partial charge in [0.05, 0.1) is 0 Å². The number of nitrogens with zero attached hydrogens (tertiary/aromatic N) is 2. The summed E-state index contributed by atoms with van der Waals surface area (Å²) in [5, 5.41) is 12.5. The molecule has 1 fully saturated rings. The van der Waals surface area contributed by atoms with Gasteiger partial charge in [0.25, 0.3) is 0 Å². The normalized spacial score (nSPS) is 15.3. The molecular formula is C15H21N3O3. The number of carbonyl (C=O) groups excluding carboxylic acids is 1. The fraction of sp³-hybridized carbons (Fsp3) is 0.467. The van der Waals surface area contributed by atoms with Crippen LogP contribution in [0.1, 0.15) is 12.0 Å². The summed E-state index contributed by atoms with van der Waals surface area (Å²) < 4.78 is 0. The monoisotopic (exact) mass is 291 g/mol. The lowest BCUT2D eigenvalue weighted by Gasteiger charge is -2.24. The molecule has 0 spiro atoms. The molecule has 1 aliphatic heterocycles. The molecule has 2 amide bonds. The molecule has 1 heterocycles. The van der Waals surface area contributed by atoms with Gasteiger partial charge in [-0.1, -0.05) is 30.3 Å². The van der Waals surface area contributed by atoms with Crippen LogP contribution >= 0.6 is 0 Å². The molecule has 0 saturated carbocycles. The third-order valence-electron chi connectivity index (χ3n) is 3.51. The minimum atomic E-state index is -1.07. The Labute approximate surface area is 124 Å². The quantitative estimate of drug-likeness (QED) is 0.867. The molecule has 6 nitrogen and oxygen atoms in total. The first kappa shape index (κ1) is 15.3. The molecule has 1 aromatic carbocycles. The number of rotatable bonds is 4. The van der Waals surface area contributed by atoms with E-state index in [9.17, 15) is 14.7 Å². The van der Waals surface area contributed by atoms with Crippen molar-refractivity contribution < 1.29 is 14.7 Å². The van der Waals surface area contributed by atoms with Crippen LogP contribution in [0, 0.1) is 0 Å². The van der Waals surface area contributed by atoms with Gasteiger partial charge in [0.1, 0.15) is 6.54 Å². The summed E-state index contributed by atoms with van der Waals surface area (Å²) in [6, 6.07) is 9.31. The zero-order valence-corrected chi connectivity index (χ0v) is 12.0. The summed E-state index contributed by atoms with van der Waals surface area (Å²) in [5.41, 5.74) is 0.880. The summed E-state index contributed by atoms with van der Waals surface area (Å²) >= 11 is 0. The highest BCUT2D eigenvalue weighted by molar-refractivity contribution is 5.81. The topological polar surface area (TPSA) is 72.9 Å². The number of amides is 2. The van der Waals surface area contributed by atoms with Crippen LogP contribution in [-0.2, 0) is 11.3 Å². The van der Waals surface area contributed by atoms with Gasteiger partial charge in [0.15, 0.2) is 0 Å². The molecule has 1 saturated heterocycles. The van der Waals surface area contributed by atoms with Crippen LogP contribution < -0.4 is 5.32 Å². The van der Waals surface area contributed by atoms with Crippen LogP contribution in [0.4, 0.5) is 4.79 Å². The van der Waals surface area contributed by atoms with Crippen molar-refractivity contribution in [3.8, 4) is 0 Å². The van der Waals surface area contributed by atoms with E-state index in [1.54, 1.807) is 4.90 Å². The smallest absolute Gasteiger partial charge is 0.408 e. The summed E-state index contributed by atoms with van der Waals surface area (Å²) in [4.78, 5) is 26.5. The van der Waals surface area contributed by atoms with Gasteiger partial charge in [-0.15, -0.1) is 0 Å². The van der Waals surface area contributed by atoms with Crippen LogP contribution in [-0.4, -0.2) is 59.6 Å². The van der Waals surface area contributed by atoms with Crippen LogP contribution in [0.5, 0.6) is 0 Å². The van der Waals surface area contributed by atoms with Gasteiger partial charge in [-0.3, -0.25) is 9.69 Å². The molecular weight excluding hydrogens is 270 g/mol. The van der Waals surface area contributed by atoms with E-state index in [0.29, 0.717) is 13.1 Å². The lowest BCUT2D eigenvalue weighted by atomic mass is 10.2. The maximum atomic E-state index is 12.2. The van der Waals surface area contributed by atoms with E-state index in [0.717, 1.165) is 30.0 Å².